The van der Waals surface area contributed by atoms with Gasteiger partial charge in [-0.1, -0.05) is 59.6 Å². The highest BCUT2D eigenvalue weighted by Gasteiger charge is 2.31. The van der Waals surface area contributed by atoms with E-state index in [4.69, 9.17) is 73.3 Å². The lowest BCUT2D eigenvalue weighted by molar-refractivity contribution is -0.134. The Bertz CT molecular complexity index is 2160. The van der Waals surface area contributed by atoms with Crippen LogP contribution >= 0.6 is 23.2 Å². The monoisotopic (exact) mass is 928 g/mol. The van der Waals surface area contributed by atoms with Gasteiger partial charge in [0.05, 0.1) is 98.9 Å². The van der Waals surface area contributed by atoms with Crippen molar-refractivity contribution in [3.05, 3.63) is 116 Å². The van der Waals surface area contributed by atoms with Gasteiger partial charge in [0.15, 0.2) is 0 Å². The van der Waals surface area contributed by atoms with Crippen molar-refractivity contribution < 1.29 is 67.4 Å². The molecule has 20 heteroatoms. The van der Waals surface area contributed by atoms with Gasteiger partial charge in [0.25, 0.3) is 0 Å². The SMILES string of the molecule is CCOC(=O)c1c(COCCN)nc(C)c(C(=O)OC)c1-c1ccccc1Cl.CCOC(=O)c1c(COCCN)nc(C)c(C(=O)OC)c1-c1ccccc1Cl.O=C(O)/C=C/C(=O)O. The van der Waals surface area contributed by atoms with Crippen LogP contribution in [0.15, 0.2) is 60.7 Å². The molecule has 0 saturated carbocycles. The number of halogens is 2. The number of methoxy groups -OCH3 is 2. The third kappa shape index (κ3) is 15.2. The van der Waals surface area contributed by atoms with E-state index < -0.39 is 35.8 Å². The molecule has 4 aromatic rings. The average molecular weight is 930 g/mol. The number of pyridine rings is 2. The lowest BCUT2D eigenvalue weighted by Gasteiger charge is -2.19. The molecule has 18 nitrogen and oxygen atoms in total. The number of carbonyl (C=O) groups excluding carboxylic acids is 4. The van der Waals surface area contributed by atoms with Gasteiger partial charge < -0.3 is 50.1 Å². The second kappa shape index (κ2) is 27.7. The van der Waals surface area contributed by atoms with Crippen LogP contribution in [0.4, 0.5) is 0 Å². The number of nitrogens with two attached hydrogens (primary N) is 2. The number of aliphatic carboxylic acids is 2. The number of carboxylic acids is 2. The van der Waals surface area contributed by atoms with Crippen LogP contribution in [0.3, 0.4) is 0 Å². The molecule has 0 saturated heterocycles. The van der Waals surface area contributed by atoms with Crippen LogP contribution < -0.4 is 11.5 Å². The standard InChI is InChI=1S/2C20H23ClN2O5.C4H4O4/c2*1-4-28-20(25)18-15(11-27-10-9-22)23-12(2)16(19(24)26-3)17(18)13-7-5-6-8-14(13)21;5-3(6)1-2-4(7)8/h2*5-8H,4,9-11,22H2,1-3H3;1-2H,(H,5,6)(H,7,8)/b;;2-1+. The first kappa shape index (κ1) is 53.9. The van der Waals surface area contributed by atoms with Crippen molar-refractivity contribution in [1.29, 1.82) is 0 Å². The summed E-state index contributed by atoms with van der Waals surface area (Å²) in [6, 6.07) is 13.8. The molecule has 64 heavy (non-hydrogen) atoms. The van der Waals surface area contributed by atoms with E-state index in [0.717, 1.165) is 0 Å². The molecular formula is C44H50Cl2N4O14. The molecule has 4 rings (SSSR count). The molecule has 0 amide bonds. The average Bonchev–Trinajstić information content (AvgIpc) is 3.26. The van der Waals surface area contributed by atoms with Crippen LogP contribution in [0.5, 0.6) is 0 Å². The van der Waals surface area contributed by atoms with Gasteiger partial charge in [-0.25, -0.2) is 28.8 Å². The number of hydrogen-bond acceptors (Lipinski definition) is 16. The molecule has 0 unspecified atom stereocenters. The summed E-state index contributed by atoms with van der Waals surface area (Å²) in [7, 11) is 2.53. The lowest BCUT2D eigenvalue weighted by Crippen LogP contribution is -2.19. The number of hydrogen-bond donors (Lipinski definition) is 4. The highest BCUT2D eigenvalue weighted by Crippen LogP contribution is 2.38. The molecule has 0 fully saturated rings. The number of rotatable bonds is 18. The highest BCUT2D eigenvalue weighted by atomic mass is 35.5. The van der Waals surface area contributed by atoms with Crippen molar-refractivity contribution in [2.24, 2.45) is 11.5 Å². The van der Waals surface area contributed by atoms with E-state index in [1.807, 2.05) is 0 Å². The van der Waals surface area contributed by atoms with Crippen molar-refractivity contribution in [2.75, 3.05) is 53.7 Å². The number of benzene rings is 2. The van der Waals surface area contributed by atoms with Crippen molar-refractivity contribution >= 4 is 59.0 Å². The second-order valence-corrected chi connectivity index (χ2v) is 13.4. The minimum Gasteiger partial charge on any atom is -0.478 e. The summed E-state index contributed by atoms with van der Waals surface area (Å²) in [6.45, 7) is 8.33. The number of carboxylic acid groups (broad SMARTS) is 2. The maximum atomic E-state index is 12.8. The molecule has 0 bridgehead atoms. The molecular weight excluding hydrogens is 879 g/mol. The predicted molar refractivity (Wildman–Crippen MR) is 235 cm³/mol. The Morgan fingerprint density at radius 2 is 0.938 bits per heavy atom. The summed E-state index contributed by atoms with van der Waals surface area (Å²) in [5, 5.41) is 16.4. The maximum absolute atomic E-state index is 12.8. The first-order chi connectivity index (χ1) is 30.5. The molecule has 0 atom stereocenters. The van der Waals surface area contributed by atoms with Crippen LogP contribution in [0, 0.1) is 13.8 Å². The van der Waals surface area contributed by atoms with Crippen LogP contribution in [-0.4, -0.2) is 110 Å². The van der Waals surface area contributed by atoms with Crippen LogP contribution in [0.1, 0.15) is 78.1 Å². The largest absolute Gasteiger partial charge is 0.478 e. The summed E-state index contributed by atoms with van der Waals surface area (Å²) in [6.07, 6.45) is 1.12. The van der Waals surface area contributed by atoms with Gasteiger partial charge in [0.1, 0.15) is 0 Å². The Morgan fingerprint density at radius 3 is 1.22 bits per heavy atom. The van der Waals surface area contributed by atoms with Gasteiger partial charge >= 0.3 is 35.8 Å². The zero-order chi connectivity index (χ0) is 47.9. The number of esters is 4. The first-order valence-corrected chi connectivity index (χ1v) is 20.1. The smallest absolute Gasteiger partial charge is 0.340 e. The lowest BCUT2D eigenvalue weighted by atomic mass is 9.92. The third-order valence-corrected chi connectivity index (χ3v) is 8.96. The topological polar surface area (TPSA) is 276 Å². The predicted octanol–water partition coefficient (Wildman–Crippen LogP) is 6.01. The van der Waals surface area contributed by atoms with Gasteiger partial charge in [-0.2, -0.15) is 0 Å². The minimum atomic E-state index is -1.26. The quantitative estimate of drug-likeness (QED) is 0.0385. The van der Waals surface area contributed by atoms with Gasteiger partial charge in [-0.3, -0.25) is 9.97 Å². The van der Waals surface area contributed by atoms with Crippen molar-refractivity contribution in [3.8, 4) is 22.3 Å². The summed E-state index contributed by atoms with van der Waals surface area (Å²) in [5.74, 6) is -5.01. The zero-order valence-corrected chi connectivity index (χ0v) is 37.5. The molecule has 0 aliphatic rings. The molecule has 0 aliphatic carbocycles. The van der Waals surface area contributed by atoms with Crippen LogP contribution in [0.25, 0.3) is 22.3 Å². The summed E-state index contributed by atoms with van der Waals surface area (Å²) >= 11 is 12.8. The Labute approximate surface area is 379 Å². The van der Waals surface area contributed by atoms with E-state index in [1.54, 1.807) is 76.2 Å². The Kier molecular flexibility index (Phi) is 23.3. The normalized spacial score (nSPS) is 10.5. The van der Waals surface area contributed by atoms with Gasteiger partial charge in [0, 0.05) is 57.5 Å². The molecule has 2 aromatic heterocycles. The minimum absolute atomic E-state index is 0.0328. The van der Waals surface area contributed by atoms with Crippen molar-refractivity contribution in [1.82, 2.24) is 9.97 Å². The van der Waals surface area contributed by atoms with E-state index in [0.29, 0.717) is 93.5 Å². The number of aryl methyl sites for hydroxylation is 2. The number of ether oxygens (including phenoxy) is 6. The maximum Gasteiger partial charge on any atom is 0.340 e. The van der Waals surface area contributed by atoms with Gasteiger partial charge in [-0.15, -0.1) is 0 Å². The number of carbonyl (C=O) groups is 6. The fourth-order valence-electron chi connectivity index (χ4n) is 5.80. The highest BCUT2D eigenvalue weighted by molar-refractivity contribution is 6.34. The molecule has 344 valence electrons. The molecule has 6 N–H and O–H groups in total. The van der Waals surface area contributed by atoms with E-state index in [9.17, 15) is 28.8 Å². The summed E-state index contributed by atoms with van der Waals surface area (Å²) < 4.78 is 31.3. The number of aromatic nitrogens is 2. The second-order valence-electron chi connectivity index (χ2n) is 12.6. The van der Waals surface area contributed by atoms with Crippen molar-refractivity contribution in [3.63, 3.8) is 0 Å². The third-order valence-electron chi connectivity index (χ3n) is 8.30. The van der Waals surface area contributed by atoms with Crippen LogP contribution in [0.2, 0.25) is 10.0 Å². The Hall–Kier alpha value is -6.28. The van der Waals surface area contributed by atoms with E-state index >= 15 is 0 Å². The van der Waals surface area contributed by atoms with Crippen LogP contribution in [-0.2, 0) is 51.2 Å². The van der Waals surface area contributed by atoms with Gasteiger partial charge in [0.2, 0.25) is 0 Å². The molecule has 0 spiro atoms. The molecule has 2 heterocycles. The molecule has 2 aromatic carbocycles. The van der Waals surface area contributed by atoms with Gasteiger partial charge in [-0.05, 0) is 39.8 Å². The summed E-state index contributed by atoms with van der Waals surface area (Å²) in [4.78, 5) is 78.7. The Balaban J connectivity index is 0.000000376. The Morgan fingerprint density at radius 1 is 0.594 bits per heavy atom. The van der Waals surface area contributed by atoms with E-state index in [-0.39, 0.29) is 48.7 Å². The first-order valence-electron chi connectivity index (χ1n) is 19.3. The molecule has 0 aliphatic heterocycles. The zero-order valence-electron chi connectivity index (χ0n) is 36.0. The molecule has 0 radical (unpaired) electrons. The van der Waals surface area contributed by atoms with E-state index in [1.165, 1.54) is 14.2 Å². The fourth-order valence-corrected chi connectivity index (χ4v) is 6.26. The fraction of sp³-hybridized carbons (Fsp3) is 0.318. The van der Waals surface area contributed by atoms with E-state index in [2.05, 4.69) is 9.97 Å². The number of nitrogens with zero attached hydrogens (tertiary/aromatic N) is 2. The summed E-state index contributed by atoms with van der Waals surface area (Å²) in [5.41, 5.74) is 14.6. The van der Waals surface area contributed by atoms with Crippen molar-refractivity contribution in [2.45, 2.75) is 40.9 Å².